The number of aromatic hydroxyl groups is 1. The van der Waals surface area contributed by atoms with Crippen molar-refractivity contribution in [2.24, 2.45) is 0 Å². The zero-order valence-corrected chi connectivity index (χ0v) is 16.3. The predicted octanol–water partition coefficient (Wildman–Crippen LogP) is 4.40. The van der Waals surface area contributed by atoms with Gasteiger partial charge in [-0.2, -0.15) is 13.2 Å². The van der Waals surface area contributed by atoms with Gasteiger partial charge in [-0.15, -0.1) is 0 Å². The van der Waals surface area contributed by atoms with Gasteiger partial charge in [0.25, 0.3) is 0 Å². The molecule has 2 amide bonds. The maximum atomic E-state index is 12.6. The summed E-state index contributed by atoms with van der Waals surface area (Å²) >= 11 is 0.871. The van der Waals surface area contributed by atoms with Gasteiger partial charge in [-0.1, -0.05) is 17.4 Å². The molecule has 0 spiro atoms. The maximum absolute atomic E-state index is 12.6. The van der Waals surface area contributed by atoms with Crippen molar-refractivity contribution < 1.29 is 27.8 Å². The van der Waals surface area contributed by atoms with Crippen LogP contribution in [0.25, 0.3) is 0 Å². The van der Waals surface area contributed by atoms with Crippen molar-refractivity contribution in [1.29, 1.82) is 0 Å². The number of carbonyl (C=O) groups excluding carboxylic acids is 1. The number of urea groups is 1. The highest BCUT2D eigenvalue weighted by Crippen LogP contribution is 2.31. The summed E-state index contributed by atoms with van der Waals surface area (Å²) in [4.78, 5) is 25.9. The van der Waals surface area contributed by atoms with Gasteiger partial charge in [0.05, 0.1) is 23.2 Å². The van der Waals surface area contributed by atoms with Crippen LogP contribution in [-0.2, 0) is 12.6 Å². The summed E-state index contributed by atoms with van der Waals surface area (Å²) in [5.74, 6) is 0.142. The second kappa shape index (κ2) is 8.49. The second-order valence-electron chi connectivity index (χ2n) is 6.15. The van der Waals surface area contributed by atoms with Crippen LogP contribution >= 0.6 is 11.3 Å². The minimum atomic E-state index is -4.46. The number of aromatic amines is 1. The number of methoxy groups -OCH3 is 1. The van der Waals surface area contributed by atoms with Gasteiger partial charge in [0, 0.05) is 12.1 Å². The molecule has 0 fully saturated rings. The van der Waals surface area contributed by atoms with Gasteiger partial charge in [-0.05, 0) is 42.0 Å². The Bertz CT molecular complexity index is 1110. The lowest BCUT2D eigenvalue weighted by Gasteiger charge is -2.13. The van der Waals surface area contributed by atoms with E-state index in [9.17, 15) is 27.9 Å². The molecule has 0 aliphatic carbocycles. The van der Waals surface area contributed by atoms with E-state index < -0.39 is 17.8 Å². The van der Waals surface area contributed by atoms with E-state index in [4.69, 9.17) is 4.74 Å². The van der Waals surface area contributed by atoms with E-state index in [-0.39, 0.29) is 22.9 Å². The van der Waals surface area contributed by atoms with Crippen molar-refractivity contribution in [2.75, 3.05) is 17.7 Å². The van der Waals surface area contributed by atoms with E-state index in [2.05, 4.69) is 15.6 Å². The van der Waals surface area contributed by atoms with E-state index in [1.165, 1.54) is 7.11 Å². The number of amides is 2. The number of hydrogen-bond acceptors (Lipinski definition) is 5. The topological polar surface area (TPSA) is 103 Å². The molecule has 2 aromatic carbocycles. The van der Waals surface area contributed by atoms with Crippen LogP contribution in [-0.4, -0.2) is 23.2 Å². The van der Waals surface area contributed by atoms with Gasteiger partial charge in [0.15, 0.2) is 0 Å². The van der Waals surface area contributed by atoms with Crippen molar-refractivity contribution in [1.82, 2.24) is 4.98 Å². The molecule has 0 aliphatic rings. The number of rotatable bonds is 5. The first-order chi connectivity index (χ1) is 14.2. The second-order valence-corrected chi connectivity index (χ2v) is 7.22. The Hall–Kier alpha value is -3.47. The highest BCUT2D eigenvalue weighted by Gasteiger charge is 2.30. The smallest absolute Gasteiger partial charge is 0.416 e. The third-order valence-electron chi connectivity index (χ3n) is 4.05. The number of H-pyrrole nitrogens is 1. The number of nitrogens with one attached hydrogen (secondary N) is 3. The van der Waals surface area contributed by atoms with Crippen LogP contribution in [0, 0.1) is 0 Å². The first-order valence-corrected chi connectivity index (χ1v) is 9.30. The molecule has 7 nitrogen and oxygen atoms in total. The number of halogens is 3. The summed E-state index contributed by atoms with van der Waals surface area (Å²) in [6, 6.07) is 8.27. The Kier molecular flexibility index (Phi) is 6.01. The van der Waals surface area contributed by atoms with Crippen molar-refractivity contribution in [3.8, 4) is 11.6 Å². The van der Waals surface area contributed by atoms with Crippen LogP contribution in [0.2, 0.25) is 0 Å². The summed E-state index contributed by atoms with van der Waals surface area (Å²) < 4.78 is 43.1. The summed E-state index contributed by atoms with van der Waals surface area (Å²) in [5.41, 5.74) is 0.351. The molecule has 0 unspecified atom stereocenters. The summed E-state index contributed by atoms with van der Waals surface area (Å²) in [6.45, 7) is 0. The number of aromatic nitrogens is 1. The molecular formula is C19H16F3N3O4S. The number of carbonyl (C=O) groups is 1. The average Bonchev–Trinajstić information content (AvgIpc) is 2.98. The lowest BCUT2D eigenvalue weighted by atomic mass is 10.1. The van der Waals surface area contributed by atoms with Gasteiger partial charge in [-0.3, -0.25) is 9.78 Å². The van der Waals surface area contributed by atoms with Crippen LogP contribution in [0.1, 0.15) is 16.0 Å². The average molecular weight is 439 g/mol. The summed E-state index contributed by atoms with van der Waals surface area (Å²) in [6.07, 6.45) is -4.22. The van der Waals surface area contributed by atoms with Crippen LogP contribution in [0.15, 0.2) is 47.3 Å². The molecule has 1 aromatic heterocycles. The summed E-state index contributed by atoms with van der Waals surface area (Å²) in [7, 11) is 1.41. The molecule has 3 rings (SSSR count). The summed E-state index contributed by atoms with van der Waals surface area (Å²) in [5, 5.41) is 14.7. The van der Waals surface area contributed by atoms with E-state index in [0.717, 1.165) is 35.6 Å². The number of alkyl halides is 3. The highest BCUT2D eigenvalue weighted by atomic mass is 32.1. The molecule has 1 heterocycles. The van der Waals surface area contributed by atoms with Crippen molar-refractivity contribution >= 4 is 28.7 Å². The van der Waals surface area contributed by atoms with Gasteiger partial charge in [-0.25, -0.2) is 4.79 Å². The van der Waals surface area contributed by atoms with E-state index >= 15 is 0 Å². The Morgan fingerprint density at radius 2 is 1.87 bits per heavy atom. The number of ether oxygens (including phenoxy) is 1. The van der Waals surface area contributed by atoms with Crippen LogP contribution < -0.4 is 20.2 Å². The quantitative estimate of drug-likeness (QED) is 0.473. The van der Waals surface area contributed by atoms with Crippen molar-refractivity contribution in [3.63, 3.8) is 0 Å². The molecule has 0 radical (unpaired) electrons. The number of thiazole rings is 1. The van der Waals surface area contributed by atoms with E-state index in [1.54, 1.807) is 18.2 Å². The molecule has 4 N–H and O–H groups in total. The Morgan fingerprint density at radius 1 is 1.17 bits per heavy atom. The van der Waals surface area contributed by atoms with Gasteiger partial charge in [0.1, 0.15) is 5.75 Å². The lowest BCUT2D eigenvalue weighted by Crippen LogP contribution is -2.20. The van der Waals surface area contributed by atoms with E-state index in [1.807, 2.05) is 0 Å². The monoisotopic (exact) mass is 439 g/mol. The van der Waals surface area contributed by atoms with Crippen LogP contribution in [0.4, 0.5) is 29.3 Å². The standard InChI is InChI=1S/C19H16F3N3O4S/c1-29-14-7-2-10(9-15-16(26)25-18(28)30-15)8-13(14)24-17(27)23-12-5-3-11(4-6-12)19(20,21)22/h2-8,26H,9H2,1H3,(H,25,28)(H2,23,24,27). The van der Waals surface area contributed by atoms with E-state index in [0.29, 0.717) is 21.9 Å². The molecule has 3 aromatic rings. The molecule has 0 bridgehead atoms. The Balaban J connectivity index is 1.73. The lowest BCUT2D eigenvalue weighted by molar-refractivity contribution is -0.137. The molecule has 0 atom stereocenters. The first kappa shape index (κ1) is 21.2. The molecule has 158 valence electrons. The fourth-order valence-corrected chi connectivity index (χ4v) is 3.41. The highest BCUT2D eigenvalue weighted by molar-refractivity contribution is 7.09. The minimum absolute atomic E-state index is 0.178. The zero-order chi connectivity index (χ0) is 21.9. The van der Waals surface area contributed by atoms with Crippen molar-refractivity contribution in [3.05, 3.63) is 68.1 Å². The third kappa shape index (κ3) is 5.11. The van der Waals surface area contributed by atoms with Gasteiger partial charge >= 0.3 is 17.1 Å². The third-order valence-corrected chi connectivity index (χ3v) is 4.92. The molecule has 0 saturated heterocycles. The Labute approximate surface area is 172 Å². The van der Waals surface area contributed by atoms with Gasteiger partial charge in [0.2, 0.25) is 5.88 Å². The molecule has 0 aliphatic heterocycles. The molecule has 11 heteroatoms. The first-order valence-electron chi connectivity index (χ1n) is 8.49. The number of anilines is 2. The molecular weight excluding hydrogens is 423 g/mol. The van der Waals surface area contributed by atoms with Crippen molar-refractivity contribution in [2.45, 2.75) is 12.6 Å². The number of hydrogen-bond donors (Lipinski definition) is 4. The zero-order valence-electron chi connectivity index (χ0n) is 15.5. The predicted molar refractivity (Wildman–Crippen MR) is 106 cm³/mol. The fourth-order valence-electron chi connectivity index (χ4n) is 2.65. The van der Waals surface area contributed by atoms with Crippen LogP contribution in [0.3, 0.4) is 0 Å². The fraction of sp³-hybridized carbons (Fsp3) is 0.158. The molecule has 30 heavy (non-hydrogen) atoms. The normalized spacial score (nSPS) is 11.2. The largest absolute Gasteiger partial charge is 0.495 e. The maximum Gasteiger partial charge on any atom is 0.416 e. The number of benzene rings is 2. The Morgan fingerprint density at radius 3 is 2.43 bits per heavy atom. The van der Waals surface area contributed by atoms with Crippen LogP contribution in [0.5, 0.6) is 11.6 Å². The van der Waals surface area contributed by atoms with Gasteiger partial charge < -0.3 is 20.5 Å². The molecule has 0 saturated carbocycles. The SMILES string of the molecule is COc1ccc(Cc2sc(=O)[nH]c2O)cc1NC(=O)Nc1ccc(C(F)(F)F)cc1. The minimum Gasteiger partial charge on any atom is -0.495 e.